The van der Waals surface area contributed by atoms with E-state index in [1.54, 1.807) is 13.8 Å². The van der Waals surface area contributed by atoms with E-state index in [2.05, 4.69) is 0 Å². The highest BCUT2D eigenvalue weighted by atomic mass is 35.5. The number of ether oxygens (including phenoxy) is 1. The molecule has 1 aromatic carbocycles. The van der Waals surface area contributed by atoms with E-state index in [1.165, 1.54) is 18.2 Å². The second kappa shape index (κ2) is 6.16. The van der Waals surface area contributed by atoms with Gasteiger partial charge >= 0.3 is 12.1 Å². The van der Waals surface area contributed by atoms with Gasteiger partial charge in [-0.3, -0.25) is 0 Å². The molecule has 0 N–H and O–H groups in total. The van der Waals surface area contributed by atoms with E-state index >= 15 is 0 Å². The molecule has 0 radical (unpaired) electrons. The first-order chi connectivity index (χ1) is 10.3. The van der Waals surface area contributed by atoms with Gasteiger partial charge in [-0.25, -0.2) is 4.79 Å². The van der Waals surface area contributed by atoms with Crippen molar-refractivity contribution in [2.24, 2.45) is 0 Å². The lowest BCUT2D eigenvalue weighted by atomic mass is 9.95. The molecule has 0 bridgehead atoms. The molecule has 118 valence electrons. The quantitative estimate of drug-likeness (QED) is 0.734. The third-order valence-corrected chi connectivity index (χ3v) is 3.79. The number of alkyl halides is 3. The topological polar surface area (TPSA) is 26.3 Å². The summed E-state index contributed by atoms with van der Waals surface area (Å²) in [4.78, 5) is 11.9. The van der Waals surface area contributed by atoms with E-state index < -0.39 is 17.7 Å². The summed E-state index contributed by atoms with van der Waals surface area (Å²) in [5, 5.41) is 0.211. The molecule has 0 heterocycles. The Morgan fingerprint density at radius 3 is 2.55 bits per heavy atom. The molecule has 0 aromatic heterocycles. The monoisotopic (exact) mass is 330 g/mol. The van der Waals surface area contributed by atoms with Gasteiger partial charge in [0.25, 0.3) is 0 Å². The highest BCUT2D eigenvalue weighted by Crippen LogP contribution is 2.44. The lowest BCUT2D eigenvalue weighted by Gasteiger charge is -2.14. The maximum absolute atomic E-state index is 13.1. The number of hydrogen-bond acceptors (Lipinski definition) is 2. The Labute approximate surface area is 131 Å². The Bertz CT molecular complexity index is 672. The first-order valence-electron chi connectivity index (χ1n) is 6.69. The summed E-state index contributed by atoms with van der Waals surface area (Å²) < 4.78 is 44.3. The average molecular weight is 331 g/mol. The van der Waals surface area contributed by atoms with Crippen molar-refractivity contribution in [2.45, 2.75) is 26.4 Å². The first-order valence-corrected chi connectivity index (χ1v) is 7.07. The molecular weight excluding hydrogens is 317 g/mol. The predicted molar refractivity (Wildman–Crippen MR) is 78.2 cm³/mol. The molecule has 0 unspecified atom stereocenters. The van der Waals surface area contributed by atoms with Gasteiger partial charge in [0.15, 0.2) is 0 Å². The Morgan fingerprint density at radius 1 is 1.32 bits per heavy atom. The SMILES string of the molecule is CCOC(=O)C1=C(Cl)CC(c2ccccc2C(F)(F)F)=C1C. The van der Waals surface area contributed by atoms with Crippen LogP contribution < -0.4 is 0 Å². The van der Waals surface area contributed by atoms with E-state index in [-0.39, 0.29) is 29.2 Å². The van der Waals surface area contributed by atoms with Crippen LogP contribution in [0, 0.1) is 0 Å². The number of rotatable bonds is 3. The van der Waals surface area contributed by atoms with Crippen molar-refractivity contribution in [3.05, 3.63) is 51.6 Å². The number of allylic oxidation sites excluding steroid dienone is 2. The minimum Gasteiger partial charge on any atom is -0.462 e. The van der Waals surface area contributed by atoms with Crippen molar-refractivity contribution >= 4 is 23.1 Å². The fourth-order valence-corrected chi connectivity index (χ4v) is 2.84. The van der Waals surface area contributed by atoms with Crippen LogP contribution in [0.2, 0.25) is 0 Å². The molecule has 1 aromatic rings. The summed E-state index contributed by atoms with van der Waals surface area (Å²) in [6.45, 7) is 3.42. The number of carbonyl (C=O) groups excluding carboxylic acids is 1. The Kier molecular flexibility index (Phi) is 4.66. The molecule has 1 aliphatic carbocycles. The molecule has 0 saturated carbocycles. The van der Waals surface area contributed by atoms with Gasteiger partial charge in [-0.2, -0.15) is 13.2 Å². The minimum absolute atomic E-state index is 0.0462. The van der Waals surface area contributed by atoms with Crippen LogP contribution in [0.5, 0.6) is 0 Å². The number of esters is 1. The lowest BCUT2D eigenvalue weighted by Crippen LogP contribution is -2.10. The summed E-state index contributed by atoms with van der Waals surface area (Å²) in [5.74, 6) is -0.607. The number of benzene rings is 1. The van der Waals surface area contributed by atoms with Crippen molar-refractivity contribution in [1.82, 2.24) is 0 Å². The van der Waals surface area contributed by atoms with E-state index in [4.69, 9.17) is 16.3 Å². The lowest BCUT2D eigenvalue weighted by molar-refractivity contribution is -0.138. The van der Waals surface area contributed by atoms with Gasteiger partial charge < -0.3 is 4.74 Å². The van der Waals surface area contributed by atoms with E-state index in [0.29, 0.717) is 11.1 Å². The van der Waals surface area contributed by atoms with Gasteiger partial charge in [-0.05, 0) is 36.6 Å². The van der Waals surface area contributed by atoms with Gasteiger partial charge in [-0.1, -0.05) is 29.8 Å². The molecule has 0 fully saturated rings. The van der Waals surface area contributed by atoms with E-state index in [1.807, 2.05) is 0 Å². The molecule has 2 nitrogen and oxygen atoms in total. The smallest absolute Gasteiger partial charge is 0.416 e. The van der Waals surface area contributed by atoms with Crippen molar-refractivity contribution in [1.29, 1.82) is 0 Å². The van der Waals surface area contributed by atoms with E-state index in [9.17, 15) is 18.0 Å². The van der Waals surface area contributed by atoms with Crippen molar-refractivity contribution in [2.75, 3.05) is 6.61 Å². The zero-order valence-corrected chi connectivity index (χ0v) is 12.8. The maximum Gasteiger partial charge on any atom is 0.416 e. The zero-order chi connectivity index (χ0) is 16.5. The normalized spacial score (nSPS) is 15.5. The third kappa shape index (κ3) is 3.04. The molecule has 0 atom stereocenters. The highest BCUT2D eigenvalue weighted by molar-refractivity contribution is 6.34. The molecule has 6 heteroatoms. The fourth-order valence-electron chi connectivity index (χ4n) is 2.49. The Balaban J connectivity index is 2.51. The van der Waals surface area contributed by atoms with Crippen LogP contribution >= 0.6 is 11.6 Å². The second-order valence-electron chi connectivity index (χ2n) is 4.82. The zero-order valence-electron chi connectivity index (χ0n) is 12.1. The van der Waals surface area contributed by atoms with Gasteiger partial charge in [0.05, 0.1) is 17.7 Å². The van der Waals surface area contributed by atoms with Crippen LogP contribution in [0.1, 0.15) is 31.4 Å². The molecule has 0 amide bonds. The van der Waals surface area contributed by atoms with E-state index in [0.717, 1.165) is 6.07 Å². The molecule has 0 saturated heterocycles. The van der Waals surface area contributed by atoms with Gasteiger partial charge in [0.1, 0.15) is 0 Å². The largest absolute Gasteiger partial charge is 0.462 e. The summed E-state index contributed by atoms with van der Waals surface area (Å²) in [6, 6.07) is 5.27. The fraction of sp³-hybridized carbons (Fsp3) is 0.312. The molecular formula is C16H14ClF3O2. The Hall–Kier alpha value is -1.75. The average Bonchev–Trinajstić information content (AvgIpc) is 2.73. The van der Waals surface area contributed by atoms with Crippen LogP contribution in [-0.4, -0.2) is 12.6 Å². The summed E-state index contributed by atoms with van der Waals surface area (Å²) in [5.41, 5.74) is 0.306. The van der Waals surface area contributed by atoms with Crippen LogP contribution in [0.25, 0.3) is 5.57 Å². The van der Waals surface area contributed by atoms with Crippen molar-refractivity contribution < 1.29 is 22.7 Å². The number of carbonyl (C=O) groups is 1. The first kappa shape index (κ1) is 16.6. The number of halogens is 4. The minimum atomic E-state index is -4.47. The standard InChI is InChI=1S/C16H14ClF3O2/c1-3-22-15(21)14-9(2)11(8-13(14)17)10-6-4-5-7-12(10)16(18,19)20/h4-7H,3,8H2,1-2H3. The second-order valence-corrected chi connectivity index (χ2v) is 5.28. The Morgan fingerprint density at radius 2 is 1.95 bits per heavy atom. The maximum atomic E-state index is 13.1. The molecule has 0 aliphatic heterocycles. The van der Waals surface area contributed by atoms with Gasteiger partial charge in [0, 0.05) is 11.5 Å². The van der Waals surface area contributed by atoms with Gasteiger partial charge in [-0.15, -0.1) is 0 Å². The number of hydrogen-bond donors (Lipinski definition) is 0. The summed E-state index contributed by atoms with van der Waals surface area (Å²) >= 11 is 6.07. The van der Waals surface area contributed by atoms with Crippen LogP contribution in [-0.2, 0) is 15.7 Å². The van der Waals surface area contributed by atoms with Crippen LogP contribution in [0.15, 0.2) is 40.4 Å². The summed E-state index contributed by atoms with van der Waals surface area (Å²) in [6.07, 6.45) is -4.38. The molecule has 1 aliphatic rings. The molecule has 22 heavy (non-hydrogen) atoms. The summed E-state index contributed by atoms with van der Waals surface area (Å²) in [7, 11) is 0. The predicted octanol–water partition coefficient (Wildman–Crippen LogP) is 4.94. The van der Waals surface area contributed by atoms with Crippen molar-refractivity contribution in [3.63, 3.8) is 0 Å². The van der Waals surface area contributed by atoms with Crippen LogP contribution in [0.4, 0.5) is 13.2 Å². The third-order valence-electron chi connectivity index (χ3n) is 3.47. The highest BCUT2D eigenvalue weighted by Gasteiger charge is 2.36. The van der Waals surface area contributed by atoms with Gasteiger partial charge in [0.2, 0.25) is 0 Å². The molecule has 0 spiro atoms. The van der Waals surface area contributed by atoms with Crippen LogP contribution in [0.3, 0.4) is 0 Å². The molecule has 2 rings (SSSR count). The van der Waals surface area contributed by atoms with Crippen molar-refractivity contribution in [3.8, 4) is 0 Å².